The molecule has 0 aliphatic heterocycles. The highest BCUT2D eigenvalue weighted by Crippen LogP contribution is 2.37. The summed E-state index contributed by atoms with van der Waals surface area (Å²) in [6.45, 7) is 3.53. The van der Waals surface area contributed by atoms with Crippen molar-refractivity contribution in [2.24, 2.45) is 0 Å². The van der Waals surface area contributed by atoms with Crippen LogP contribution in [0.25, 0.3) is 22.0 Å². The summed E-state index contributed by atoms with van der Waals surface area (Å²) in [4.78, 5) is 18.4. The van der Waals surface area contributed by atoms with E-state index in [1.165, 1.54) is 12.1 Å². The standard InChI is InChI=1S/C28H30FN3O6S2/c1-4-38-28(33)27-25(20-13-14-21(24(29)15-20)17-39(3,34)35)23-12-8-11-22(26(23)30-27)18(2)31-32-40(36,37)16-19-9-6-5-7-10-19/h5-15,18,30-32H,4,16-17H2,1-3H3. The fourth-order valence-corrected chi connectivity index (χ4v) is 6.30. The number of hydrogen-bond donors (Lipinski definition) is 3. The molecule has 1 aromatic heterocycles. The summed E-state index contributed by atoms with van der Waals surface area (Å²) in [6.07, 6.45) is 1.03. The average molecular weight is 588 g/mol. The normalized spacial score (nSPS) is 12.9. The number of ether oxygens (including phenoxy) is 1. The van der Waals surface area contributed by atoms with E-state index in [0.29, 0.717) is 33.2 Å². The fourth-order valence-electron chi connectivity index (χ4n) is 4.45. The van der Waals surface area contributed by atoms with Gasteiger partial charge in [-0.1, -0.05) is 60.7 Å². The van der Waals surface area contributed by atoms with Crippen molar-refractivity contribution in [1.82, 2.24) is 15.2 Å². The summed E-state index contributed by atoms with van der Waals surface area (Å²) < 4.78 is 68.8. The zero-order chi connectivity index (χ0) is 29.1. The predicted molar refractivity (Wildman–Crippen MR) is 152 cm³/mol. The number of aromatic amines is 1. The fraction of sp³-hybridized carbons (Fsp3) is 0.250. The lowest BCUT2D eigenvalue weighted by Gasteiger charge is -2.16. The van der Waals surface area contributed by atoms with E-state index in [-0.39, 0.29) is 23.6 Å². The van der Waals surface area contributed by atoms with Gasteiger partial charge in [0.25, 0.3) is 0 Å². The number of benzene rings is 3. The Morgan fingerprint density at radius 1 is 1.00 bits per heavy atom. The van der Waals surface area contributed by atoms with Gasteiger partial charge in [-0.25, -0.2) is 31.4 Å². The second-order valence-corrected chi connectivity index (χ2v) is 13.3. The molecule has 40 heavy (non-hydrogen) atoms. The van der Waals surface area contributed by atoms with E-state index in [1.54, 1.807) is 68.4 Å². The summed E-state index contributed by atoms with van der Waals surface area (Å²) in [7, 11) is -7.16. The molecule has 0 spiro atoms. The molecule has 9 nitrogen and oxygen atoms in total. The molecule has 212 valence electrons. The van der Waals surface area contributed by atoms with Crippen molar-refractivity contribution in [2.75, 3.05) is 12.9 Å². The average Bonchev–Trinajstić information content (AvgIpc) is 3.28. The lowest BCUT2D eigenvalue weighted by Crippen LogP contribution is -2.39. The Labute approximate surface area is 232 Å². The number of fused-ring (bicyclic) bond motifs is 1. The van der Waals surface area contributed by atoms with E-state index in [0.717, 1.165) is 6.26 Å². The molecule has 0 amide bonds. The number of hydrazine groups is 1. The van der Waals surface area contributed by atoms with E-state index in [1.807, 2.05) is 0 Å². The first-order valence-electron chi connectivity index (χ1n) is 12.5. The lowest BCUT2D eigenvalue weighted by atomic mass is 9.98. The number of sulfonamides is 1. The number of esters is 1. The van der Waals surface area contributed by atoms with Crippen LogP contribution in [0, 0.1) is 5.82 Å². The smallest absolute Gasteiger partial charge is 0.355 e. The van der Waals surface area contributed by atoms with Gasteiger partial charge in [-0.05, 0) is 36.6 Å². The first-order chi connectivity index (χ1) is 18.9. The van der Waals surface area contributed by atoms with Crippen molar-refractivity contribution in [3.8, 4) is 11.1 Å². The Morgan fingerprint density at radius 2 is 1.73 bits per heavy atom. The van der Waals surface area contributed by atoms with Crippen LogP contribution in [0.5, 0.6) is 0 Å². The molecule has 1 heterocycles. The summed E-state index contributed by atoms with van der Waals surface area (Å²) in [5, 5.41) is 0.580. The highest BCUT2D eigenvalue weighted by Gasteiger charge is 2.24. The van der Waals surface area contributed by atoms with Gasteiger partial charge < -0.3 is 9.72 Å². The molecule has 0 radical (unpaired) electrons. The zero-order valence-corrected chi connectivity index (χ0v) is 23.8. The minimum Gasteiger partial charge on any atom is -0.461 e. The monoisotopic (exact) mass is 587 g/mol. The Balaban J connectivity index is 1.71. The molecule has 12 heteroatoms. The van der Waals surface area contributed by atoms with Crippen molar-refractivity contribution in [3.63, 3.8) is 0 Å². The number of para-hydroxylation sites is 1. The SMILES string of the molecule is CCOC(=O)c1[nH]c2c(C(C)NNS(=O)(=O)Cc3ccccc3)cccc2c1-c1ccc(CS(C)(=O)=O)c(F)c1. The Kier molecular flexibility index (Phi) is 8.74. The third kappa shape index (κ3) is 6.94. The third-order valence-corrected chi connectivity index (χ3v) is 8.18. The number of H-pyrrole nitrogens is 1. The molecule has 1 unspecified atom stereocenters. The highest BCUT2D eigenvalue weighted by molar-refractivity contribution is 7.89. The van der Waals surface area contributed by atoms with Crippen molar-refractivity contribution >= 4 is 36.7 Å². The van der Waals surface area contributed by atoms with Gasteiger partial charge in [0.2, 0.25) is 10.0 Å². The molecule has 0 fully saturated rings. The van der Waals surface area contributed by atoms with Gasteiger partial charge in [0.1, 0.15) is 11.5 Å². The third-order valence-electron chi connectivity index (χ3n) is 6.20. The zero-order valence-electron chi connectivity index (χ0n) is 22.2. The Bertz CT molecular complexity index is 1750. The molecule has 3 N–H and O–H groups in total. The number of rotatable bonds is 11. The van der Waals surface area contributed by atoms with E-state index in [9.17, 15) is 26.0 Å². The van der Waals surface area contributed by atoms with Crippen LogP contribution in [-0.2, 0) is 36.1 Å². The predicted octanol–water partition coefficient (Wildman–Crippen LogP) is 4.38. The topological polar surface area (TPSA) is 134 Å². The van der Waals surface area contributed by atoms with Gasteiger partial charge in [-0.3, -0.25) is 0 Å². The van der Waals surface area contributed by atoms with E-state index >= 15 is 0 Å². The minimum absolute atomic E-state index is 0.0186. The maximum atomic E-state index is 15.0. The summed E-state index contributed by atoms with van der Waals surface area (Å²) in [6, 6.07) is 17.6. The summed E-state index contributed by atoms with van der Waals surface area (Å²) in [5.74, 6) is -2.03. The first kappa shape index (κ1) is 29.4. The number of carbonyl (C=O) groups excluding carboxylic acids is 1. The molecular formula is C28H30FN3O6S2. The lowest BCUT2D eigenvalue weighted by molar-refractivity contribution is 0.0521. The number of nitrogens with one attached hydrogen (secondary N) is 3. The van der Waals surface area contributed by atoms with Crippen LogP contribution >= 0.6 is 0 Å². The number of aromatic nitrogens is 1. The maximum absolute atomic E-state index is 15.0. The molecule has 1 atom stereocenters. The van der Waals surface area contributed by atoms with Crippen LogP contribution in [0.2, 0.25) is 0 Å². The van der Waals surface area contributed by atoms with Gasteiger partial charge in [0.05, 0.1) is 23.6 Å². The van der Waals surface area contributed by atoms with E-state index in [4.69, 9.17) is 4.74 Å². The summed E-state index contributed by atoms with van der Waals surface area (Å²) >= 11 is 0. The quantitative estimate of drug-likeness (QED) is 0.175. The number of sulfone groups is 1. The van der Waals surface area contributed by atoms with Gasteiger partial charge in [-0.15, -0.1) is 0 Å². The van der Waals surface area contributed by atoms with Gasteiger partial charge in [0.15, 0.2) is 9.84 Å². The van der Waals surface area contributed by atoms with Gasteiger partial charge in [0, 0.05) is 28.8 Å². The molecule has 0 saturated carbocycles. The second kappa shape index (κ2) is 11.9. The first-order valence-corrected chi connectivity index (χ1v) is 16.2. The molecule has 0 saturated heterocycles. The van der Waals surface area contributed by atoms with E-state index < -0.39 is 43.4 Å². The van der Waals surface area contributed by atoms with Crippen molar-refractivity contribution in [2.45, 2.75) is 31.4 Å². The minimum atomic E-state index is -3.71. The van der Waals surface area contributed by atoms with E-state index in [2.05, 4.69) is 15.2 Å². The summed E-state index contributed by atoms with van der Waals surface area (Å²) in [5.41, 5.74) is 5.48. The van der Waals surface area contributed by atoms with Crippen molar-refractivity contribution in [3.05, 3.63) is 94.9 Å². The Morgan fingerprint density at radius 3 is 2.38 bits per heavy atom. The van der Waals surface area contributed by atoms with Crippen LogP contribution < -0.4 is 10.3 Å². The molecule has 4 aromatic rings. The largest absolute Gasteiger partial charge is 0.461 e. The van der Waals surface area contributed by atoms with Crippen LogP contribution in [-0.4, -0.2) is 40.7 Å². The number of carbonyl (C=O) groups is 1. The number of hydrogen-bond acceptors (Lipinski definition) is 7. The van der Waals surface area contributed by atoms with Crippen molar-refractivity contribution in [1.29, 1.82) is 0 Å². The van der Waals surface area contributed by atoms with Gasteiger partial charge >= 0.3 is 5.97 Å². The molecule has 3 aromatic carbocycles. The maximum Gasteiger partial charge on any atom is 0.355 e. The number of halogens is 1. The van der Waals surface area contributed by atoms with Gasteiger partial charge in [-0.2, -0.15) is 4.83 Å². The van der Waals surface area contributed by atoms with Crippen LogP contribution in [0.1, 0.15) is 47.1 Å². The molecule has 0 aliphatic carbocycles. The van der Waals surface area contributed by atoms with Crippen LogP contribution in [0.3, 0.4) is 0 Å². The molecule has 4 rings (SSSR count). The van der Waals surface area contributed by atoms with Crippen LogP contribution in [0.15, 0.2) is 66.7 Å². The molecule has 0 bridgehead atoms. The Hall–Kier alpha value is -3.58. The van der Waals surface area contributed by atoms with Crippen LogP contribution in [0.4, 0.5) is 4.39 Å². The molecular weight excluding hydrogens is 557 g/mol. The highest BCUT2D eigenvalue weighted by atomic mass is 32.2. The van der Waals surface area contributed by atoms with Crippen molar-refractivity contribution < 1.29 is 30.8 Å². The molecule has 0 aliphatic rings. The second-order valence-electron chi connectivity index (χ2n) is 9.45.